The maximum Gasteiger partial charge on any atom is 0.274 e. The van der Waals surface area contributed by atoms with Gasteiger partial charge in [0.25, 0.3) is 5.91 Å². The number of likely N-dealkylation sites (N-methyl/N-ethyl adjacent to an activating group) is 1. The van der Waals surface area contributed by atoms with Crippen LogP contribution < -0.4 is 25.6 Å². The molecule has 2 aromatic carbocycles. The predicted molar refractivity (Wildman–Crippen MR) is 285 cm³/mol. The Labute approximate surface area is 445 Å². The molecule has 0 saturated carbocycles. The number of carbonyl (C=O) groups excluding carboxylic acids is 4. The number of aryl methyl sites for hydroxylation is 1. The van der Waals surface area contributed by atoms with Crippen molar-refractivity contribution in [3.63, 3.8) is 0 Å². The number of nitrogens with one attached hydrogen (secondary N) is 4. The molecule has 3 aliphatic heterocycles. The lowest BCUT2D eigenvalue weighted by atomic mass is 9.88. The number of aromatic nitrogens is 7. The van der Waals surface area contributed by atoms with Crippen molar-refractivity contribution < 1.29 is 36.7 Å². The third-order valence-electron chi connectivity index (χ3n) is 14.9. The second-order valence-corrected chi connectivity index (χ2v) is 24.4. The molecule has 3 atom stereocenters. The molecule has 0 spiro atoms. The van der Waals surface area contributed by atoms with Gasteiger partial charge in [-0.2, -0.15) is 5.10 Å². The minimum Gasteiger partial charge on any atom is -0.492 e. The number of piperidine rings is 2. The Balaban J connectivity index is 0.806. The molecule has 0 bridgehead atoms. The zero-order chi connectivity index (χ0) is 54.1. The second-order valence-electron chi connectivity index (χ2n) is 20.8. The van der Waals surface area contributed by atoms with E-state index in [1.54, 1.807) is 68.3 Å². The SMILES string of the molecule is CN[C@@H](C)C(=O)N[C@H](C(=O)N1CCC[C@H]1c1nc(C(=O)c2ccc(F)cc2)cs1)C1CCN(C(=O)c2cnc(N3CCC(COc4cc5ncnc(Nc6n[nH]c(C)c6C)c5cc4S(=O)(=O)C(C)(C)C)CC3)cn2)CC1. The van der Waals surface area contributed by atoms with E-state index in [1.807, 2.05) is 13.8 Å². The summed E-state index contributed by atoms with van der Waals surface area (Å²) < 4.78 is 46.9. The number of likely N-dealkylation sites (tertiary alicyclic amines) is 2. The van der Waals surface area contributed by atoms with Crippen LogP contribution in [0.2, 0.25) is 0 Å². The summed E-state index contributed by atoms with van der Waals surface area (Å²) in [6.45, 7) is 13.3. The first-order valence-corrected chi connectivity index (χ1v) is 28.0. The number of nitrogens with zero attached hydrogens (tertiary/aromatic N) is 9. The Morgan fingerprint density at radius 1 is 0.908 bits per heavy atom. The van der Waals surface area contributed by atoms with Crippen molar-refractivity contribution in [3.05, 3.63) is 99.5 Å². The van der Waals surface area contributed by atoms with E-state index in [9.17, 15) is 32.0 Å². The second kappa shape index (κ2) is 22.3. The van der Waals surface area contributed by atoms with Gasteiger partial charge in [-0.3, -0.25) is 24.3 Å². The number of sulfone groups is 1. The molecule has 0 unspecified atom stereocenters. The molecule has 0 aliphatic carbocycles. The number of carbonyl (C=O) groups is 4. The molecule has 7 heterocycles. The van der Waals surface area contributed by atoms with Crippen LogP contribution in [0.4, 0.5) is 21.8 Å². The van der Waals surface area contributed by atoms with E-state index >= 15 is 0 Å². The quantitative estimate of drug-likeness (QED) is 0.0755. The number of ketones is 1. The lowest BCUT2D eigenvalue weighted by Crippen LogP contribution is -2.57. The van der Waals surface area contributed by atoms with Crippen LogP contribution in [0.1, 0.15) is 115 Å². The Morgan fingerprint density at radius 2 is 1.64 bits per heavy atom. The number of ether oxygens (including phenoxy) is 1. The van der Waals surface area contributed by atoms with Gasteiger partial charge in [0.15, 0.2) is 15.7 Å². The number of H-pyrrole nitrogens is 1. The molecule has 402 valence electrons. The largest absolute Gasteiger partial charge is 0.492 e. The highest BCUT2D eigenvalue weighted by Crippen LogP contribution is 2.39. The number of thiazole rings is 1. The first-order chi connectivity index (χ1) is 36.3. The normalized spacial score (nSPS) is 17.7. The van der Waals surface area contributed by atoms with E-state index in [-0.39, 0.29) is 70.0 Å². The van der Waals surface area contributed by atoms with E-state index < -0.39 is 32.5 Å². The van der Waals surface area contributed by atoms with E-state index in [0.29, 0.717) is 90.9 Å². The molecule has 3 saturated heterocycles. The summed E-state index contributed by atoms with van der Waals surface area (Å²) in [5.74, 6) is 0.115. The van der Waals surface area contributed by atoms with Crippen LogP contribution in [0.15, 0.2) is 65.4 Å². The average molecular weight is 1080 g/mol. The van der Waals surface area contributed by atoms with Crippen LogP contribution in [0.3, 0.4) is 0 Å². The molecular formula is C53H64FN13O7S2. The van der Waals surface area contributed by atoms with Crippen molar-refractivity contribution in [1.82, 2.24) is 55.6 Å². The number of halogens is 1. The van der Waals surface area contributed by atoms with Gasteiger partial charge in [-0.05, 0) is 129 Å². The van der Waals surface area contributed by atoms with Crippen molar-refractivity contribution in [2.45, 2.75) is 108 Å². The number of aromatic amines is 1. The zero-order valence-electron chi connectivity index (χ0n) is 43.7. The van der Waals surface area contributed by atoms with Crippen LogP contribution in [-0.2, 0) is 19.4 Å². The third kappa shape index (κ3) is 11.3. The van der Waals surface area contributed by atoms with E-state index in [1.165, 1.54) is 48.1 Å². The standard InChI is InChI=1S/C53H64FN13O7S2/c1-30-31(2)63-64-47(30)62-48-37-23-43(76(72,73)53(4,5)6)42(24-38(37)58-29-59-48)74-27-33-14-19-65(20-15-33)44-26-56-39(25-57-44)51(70)66-21-16-34(17-22-66)45(61-49(69)32(3)55-7)52(71)67-18-8-9-41(67)50-60-40(28-75-50)46(68)35-10-12-36(54)13-11-35/h10-13,23-26,28-29,32-34,41,45,55H,8-9,14-22,27H2,1-7H3,(H,61,69)(H2,58,59,62,63,64)/t32-,41-,45-/m0/s1. The maximum absolute atomic E-state index is 14.6. The van der Waals surface area contributed by atoms with Gasteiger partial charge in [-0.25, -0.2) is 37.7 Å². The van der Waals surface area contributed by atoms with Crippen LogP contribution in [0, 0.1) is 31.5 Å². The van der Waals surface area contributed by atoms with Crippen LogP contribution >= 0.6 is 11.3 Å². The summed E-state index contributed by atoms with van der Waals surface area (Å²) in [4.78, 5) is 83.3. The van der Waals surface area contributed by atoms with E-state index in [4.69, 9.17) is 4.74 Å². The summed E-state index contributed by atoms with van der Waals surface area (Å²) in [5, 5.41) is 19.3. The topological polar surface area (TPSA) is 251 Å². The first kappa shape index (κ1) is 53.8. The smallest absolute Gasteiger partial charge is 0.274 e. The fourth-order valence-corrected chi connectivity index (χ4v) is 12.1. The van der Waals surface area contributed by atoms with Crippen molar-refractivity contribution in [1.29, 1.82) is 0 Å². The van der Waals surface area contributed by atoms with Gasteiger partial charge >= 0.3 is 0 Å². The van der Waals surface area contributed by atoms with Gasteiger partial charge in [0.1, 0.15) is 56.9 Å². The molecule has 0 radical (unpaired) electrons. The molecule has 4 aromatic heterocycles. The number of benzene rings is 2. The lowest BCUT2D eigenvalue weighted by molar-refractivity contribution is -0.139. The number of fused-ring (bicyclic) bond motifs is 1. The Hall–Kier alpha value is -6.98. The summed E-state index contributed by atoms with van der Waals surface area (Å²) in [6.07, 6.45) is 8.29. The number of rotatable bonds is 16. The Kier molecular flexibility index (Phi) is 15.8. The summed E-state index contributed by atoms with van der Waals surface area (Å²) in [6, 6.07) is 6.75. The highest BCUT2D eigenvalue weighted by molar-refractivity contribution is 7.92. The van der Waals surface area contributed by atoms with E-state index in [2.05, 4.69) is 56.0 Å². The average Bonchev–Trinajstić information content (AvgIpc) is 4.21. The van der Waals surface area contributed by atoms with Gasteiger partial charge in [0.05, 0.1) is 41.3 Å². The maximum atomic E-state index is 14.6. The van der Waals surface area contributed by atoms with Crippen LogP contribution in [0.5, 0.6) is 5.75 Å². The van der Waals surface area contributed by atoms with Crippen LogP contribution in [-0.4, -0.2) is 140 Å². The molecule has 3 amide bonds. The Morgan fingerprint density at radius 3 is 2.30 bits per heavy atom. The van der Waals surface area contributed by atoms with Gasteiger partial charge < -0.3 is 35.4 Å². The molecular weight excluding hydrogens is 1010 g/mol. The summed E-state index contributed by atoms with van der Waals surface area (Å²) in [5.41, 5.74) is 3.06. The Bertz CT molecular complexity index is 3220. The van der Waals surface area contributed by atoms with Gasteiger partial charge in [0, 0.05) is 66.4 Å². The predicted octanol–water partition coefficient (Wildman–Crippen LogP) is 6.51. The van der Waals surface area contributed by atoms with Crippen molar-refractivity contribution in [2.24, 2.45) is 11.8 Å². The fraction of sp³-hybridized carbons (Fsp3) is 0.472. The van der Waals surface area contributed by atoms with Crippen molar-refractivity contribution in [3.8, 4) is 5.75 Å². The summed E-state index contributed by atoms with van der Waals surface area (Å²) in [7, 11) is -2.19. The summed E-state index contributed by atoms with van der Waals surface area (Å²) >= 11 is 1.30. The molecule has 3 fully saturated rings. The number of hydrogen-bond donors (Lipinski definition) is 4. The molecule has 4 N–H and O–H groups in total. The third-order valence-corrected chi connectivity index (χ3v) is 18.4. The molecule has 76 heavy (non-hydrogen) atoms. The van der Waals surface area contributed by atoms with E-state index in [0.717, 1.165) is 30.5 Å². The van der Waals surface area contributed by atoms with Gasteiger partial charge in [0.2, 0.25) is 17.6 Å². The molecule has 20 nitrogen and oxygen atoms in total. The molecule has 9 rings (SSSR count). The van der Waals surface area contributed by atoms with Gasteiger partial charge in [-0.15, -0.1) is 11.3 Å². The number of anilines is 3. The number of amides is 3. The highest BCUT2D eigenvalue weighted by atomic mass is 32.2. The van der Waals surface area contributed by atoms with Crippen molar-refractivity contribution >= 4 is 73.0 Å². The molecule has 23 heteroatoms. The van der Waals surface area contributed by atoms with Crippen LogP contribution in [0.25, 0.3) is 10.9 Å². The molecule has 3 aliphatic rings. The molecule has 6 aromatic rings. The monoisotopic (exact) mass is 1080 g/mol. The number of hydrogen-bond acceptors (Lipinski definition) is 17. The first-order valence-electron chi connectivity index (χ1n) is 25.7. The van der Waals surface area contributed by atoms with Crippen molar-refractivity contribution in [2.75, 3.05) is 56.6 Å². The zero-order valence-corrected chi connectivity index (χ0v) is 45.4. The minimum atomic E-state index is -3.87. The fourth-order valence-electron chi connectivity index (χ4n) is 9.81. The minimum absolute atomic E-state index is 0.0610. The lowest BCUT2D eigenvalue weighted by Gasteiger charge is -2.38. The highest BCUT2D eigenvalue weighted by Gasteiger charge is 2.42. The van der Waals surface area contributed by atoms with Gasteiger partial charge in [-0.1, -0.05) is 0 Å².